The fourth-order valence-electron chi connectivity index (χ4n) is 7.17. The lowest BCUT2D eigenvalue weighted by Crippen LogP contribution is -2.07. The predicted octanol–water partition coefficient (Wildman–Crippen LogP) is 13.5. The van der Waals surface area contributed by atoms with Gasteiger partial charge in [-0.3, -0.25) is 0 Å². The molecule has 7 aromatic carbocycles. The molecule has 0 radical (unpaired) electrons. The highest BCUT2D eigenvalue weighted by Crippen LogP contribution is 2.44. The van der Waals surface area contributed by atoms with Gasteiger partial charge in [0, 0.05) is 35.4 Å². The molecule has 0 atom stereocenters. The van der Waals surface area contributed by atoms with Crippen LogP contribution in [0.5, 0.6) is 0 Å². The molecule has 242 valence electrons. The molecule has 0 unspecified atom stereocenters. The molecule has 0 spiro atoms. The number of aryl methyl sites for hydroxylation is 2. The van der Waals surface area contributed by atoms with E-state index in [0.717, 1.165) is 0 Å². The Morgan fingerprint density at radius 2 is 0.686 bits per heavy atom. The van der Waals surface area contributed by atoms with E-state index >= 15 is 0 Å². The van der Waals surface area contributed by atoms with Gasteiger partial charge in [-0.25, -0.2) is 0 Å². The van der Waals surface area contributed by atoms with Crippen molar-refractivity contribution in [1.29, 1.82) is 0 Å². The topological polar surface area (TPSA) is 0 Å². The van der Waals surface area contributed by atoms with Crippen LogP contribution in [0.3, 0.4) is 0 Å². The average molecular weight is 652 g/mol. The Hall–Kier alpha value is -6.37. The van der Waals surface area contributed by atoms with E-state index < -0.39 is 0 Å². The quantitative estimate of drug-likeness (QED) is 0.150. The van der Waals surface area contributed by atoms with Gasteiger partial charge in [0.2, 0.25) is 0 Å². The summed E-state index contributed by atoms with van der Waals surface area (Å²) in [4.78, 5) is 0. The van der Waals surface area contributed by atoms with Crippen LogP contribution in [0.25, 0.3) is 50.6 Å². The monoisotopic (exact) mass is 651 g/mol. The van der Waals surface area contributed by atoms with E-state index in [4.69, 9.17) is 0 Å². The average Bonchev–Trinajstić information content (AvgIpc) is 3.20. The maximum Gasteiger partial charge on any atom is 0.0793 e. The molecule has 1 aliphatic carbocycles. The van der Waals surface area contributed by atoms with Gasteiger partial charge in [0.25, 0.3) is 0 Å². The van der Waals surface area contributed by atoms with Gasteiger partial charge < -0.3 is 0 Å². The minimum Gasteiger partial charge on any atom is -0.0622 e. The summed E-state index contributed by atoms with van der Waals surface area (Å²) in [7, 11) is 0. The number of rotatable bonds is 7. The fourth-order valence-corrected chi connectivity index (χ4v) is 7.17. The minimum atomic E-state index is 1.19. The van der Waals surface area contributed by atoms with E-state index in [0.29, 0.717) is 0 Å². The zero-order chi connectivity index (χ0) is 34.6. The van der Waals surface area contributed by atoms with Crippen LogP contribution < -0.4 is 0 Å². The third-order valence-electron chi connectivity index (χ3n) is 9.88. The lowest BCUT2D eigenvalue weighted by atomic mass is 9.77. The number of benzene rings is 7. The van der Waals surface area contributed by atoms with Gasteiger partial charge in [-0.05, 0) is 112 Å². The van der Waals surface area contributed by atoms with Gasteiger partial charge in [-0.15, -0.1) is 0 Å². The van der Waals surface area contributed by atoms with Crippen molar-refractivity contribution in [3.63, 3.8) is 0 Å². The Bertz CT molecular complexity index is 2230. The van der Waals surface area contributed by atoms with Crippen molar-refractivity contribution in [2.75, 3.05) is 0 Å². The molecule has 0 fully saturated rings. The normalized spacial score (nSPS) is 12.7. The largest absolute Gasteiger partial charge is 0.0793 e. The molecule has 0 heterocycles. The standard InChI is InChI=1S/C51H39/c1-36-31-46(40-19-11-5-12-20-40)32-37(2)48(36)35-51-49(44-27-23-42(24-28-44)38-15-7-3-8-16-38)33-47(41-21-13-6-14-22-41)34-50(51)45-29-25-43(26-30-45)39-17-9-4-10-18-39/h3-35H,1-2H3/q+1. The van der Waals surface area contributed by atoms with Crippen molar-refractivity contribution in [2.24, 2.45) is 0 Å². The fraction of sp³-hybridized carbons (Fsp3) is 0.0392. The third-order valence-corrected chi connectivity index (χ3v) is 9.88. The Morgan fingerprint density at radius 1 is 0.353 bits per heavy atom. The Labute approximate surface area is 302 Å². The van der Waals surface area contributed by atoms with Crippen LogP contribution >= 0.6 is 0 Å². The molecule has 0 amide bonds. The summed E-state index contributed by atoms with van der Waals surface area (Å²) in [5.41, 5.74) is 18.4. The molecule has 0 heteroatoms. The van der Waals surface area contributed by atoms with E-state index in [1.807, 2.05) is 0 Å². The van der Waals surface area contributed by atoms with Gasteiger partial charge in [-0.1, -0.05) is 127 Å². The highest BCUT2D eigenvalue weighted by molar-refractivity contribution is 6.07. The zero-order valence-corrected chi connectivity index (χ0v) is 29.1. The van der Waals surface area contributed by atoms with E-state index in [9.17, 15) is 0 Å². The molecule has 8 rings (SSSR count). The maximum atomic E-state index is 2.43. The lowest BCUT2D eigenvalue weighted by Gasteiger charge is -2.21. The molecule has 0 saturated carbocycles. The first kappa shape index (κ1) is 31.9. The highest BCUT2D eigenvalue weighted by Gasteiger charge is 2.29. The summed E-state index contributed by atoms with van der Waals surface area (Å²) in [6.45, 7) is 4.48. The van der Waals surface area contributed by atoms with E-state index in [2.05, 4.69) is 214 Å². The van der Waals surface area contributed by atoms with Crippen LogP contribution in [0.1, 0.15) is 33.4 Å². The molecule has 0 saturated heterocycles. The van der Waals surface area contributed by atoms with Crippen LogP contribution in [0.4, 0.5) is 0 Å². The van der Waals surface area contributed by atoms with Crippen LogP contribution in [0.15, 0.2) is 200 Å². The minimum absolute atomic E-state index is 1.19. The first-order valence-corrected chi connectivity index (χ1v) is 17.7. The SMILES string of the molecule is Cc1cc(-c2ccccc2)cc(C)c1C=C1C(c2ccc(-c3ccccc3)cc2)=C[C+](c2ccccc2)C=C1c1ccc(-c2ccccc2)cc1. The third kappa shape index (κ3) is 6.78. The molecule has 7 aromatic rings. The molecule has 51 heavy (non-hydrogen) atoms. The molecule has 0 nitrogen and oxygen atoms in total. The highest BCUT2D eigenvalue weighted by atomic mass is 14.3. The van der Waals surface area contributed by atoms with Crippen molar-refractivity contribution < 1.29 is 0 Å². The van der Waals surface area contributed by atoms with Crippen LogP contribution in [0, 0.1) is 19.8 Å². The molecular weight excluding hydrogens is 613 g/mol. The number of hydrogen-bond donors (Lipinski definition) is 0. The van der Waals surface area contributed by atoms with E-state index in [-0.39, 0.29) is 0 Å². The Balaban J connectivity index is 1.30. The summed E-state index contributed by atoms with van der Waals surface area (Å²) < 4.78 is 0. The molecule has 0 aromatic heterocycles. The van der Waals surface area contributed by atoms with Gasteiger partial charge >= 0.3 is 0 Å². The zero-order valence-electron chi connectivity index (χ0n) is 29.1. The molecular formula is C51H39+. The number of allylic oxidation sites excluding steroid dienone is 5. The Morgan fingerprint density at radius 3 is 1.10 bits per heavy atom. The summed E-state index contributed by atoms with van der Waals surface area (Å²) in [6.07, 6.45) is 7.18. The summed E-state index contributed by atoms with van der Waals surface area (Å²) in [5.74, 6) is 1.20. The predicted molar refractivity (Wildman–Crippen MR) is 218 cm³/mol. The van der Waals surface area contributed by atoms with E-state index in [1.54, 1.807) is 0 Å². The summed E-state index contributed by atoms with van der Waals surface area (Å²) in [5, 5.41) is 0. The van der Waals surface area contributed by atoms with Crippen molar-refractivity contribution in [1.82, 2.24) is 0 Å². The first-order chi connectivity index (χ1) is 25.1. The van der Waals surface area contributed by atoms with Crippen LogP contribution in [-0.4, -0.2) is 0 Å². The van der Waals surface area contributed by atoms with Crippen LogP contribution in [0.2, 0.25) is 0 Å². The number of hydrogen-bond acceptors (Lipinski definition) is 0. The maximum absolute atomic E-state index is 2.43. The summed E-state index contributed by atoms with van der Waals surface area (Å²) >= 11 is 0. The molecule has 1 aliphatic rings. The first-order valence-electron chi connectivity index (χ1n) is 17.7. The second-order valence-corrected chi connectivity index (χ2v) is 13.3. The molecule has 0 N–H and O–H groups in total. The Kier molecular flexibility index (Phi) is 8.90. The van der Waals surface area contributed by atoms with Crippen molar-refractivity contribution >= 4 is 17.2 Å². The van der Waals surface area contributed by atoms with Gasteiger partial charge in [0.1, 0.15) is 0 Å². The lowest BCUT2D eigenvalue weighted by molar-refractivity contribution is 1.33. The van der Waals surface area contributed by atoms with Crippen molar-refractivity contribution in [3.8, 4) is 33.4 Å². The molecule has 0 aliphatic heterocycles. The van der Waals surface area contributed by atoms with Crippen LogP contribution in [-0.2, 0) is 0 Å². The van der Waals surface area contributed by atoms with Gasteiger partial charge in [-0.2, -0.15) is 0 Å². The van der Waals surface area contributed by atoms with Crippen molar-refractivity contribution in [2.45, 2.75) is 13.8 Å². The van der Waals surface area contributed by atoms with Gasteiger partial charge in [0.15, 0.2) is 0 Å². The van der Waals surface area contributed by atoms with Crippen molar-refractivity contribution in [3.05, 3.63) is 239 Å². The van der Waals surface area contributed by atoms with Gasteiger partial charge in [0.05, 0.1) is 28.2 Å². The smallest absolute Gasteiger partial charge is 0.0622 e. The molecule has 0 bridgehead atoms. The second kappa shape index (κ2) is 14.2. The second-order valence-electron chi connectivity index (χ2n) is 13.3. The summed E-state index contributed by atoms with van der Waals surface area (Å²) in [6, 6.07) is 65.4. The van der Waals surface area contributed by atoms with E-state index in [1.165, 1.54) is 89.4 Å².